The molecule has 0 bridgehead atoms. The highest BCUT2D eigenvalue weighted by Gasteiger charge is 2.32. The summed E-state index contributed by atoms with van der Waals surface area (Å²) in [4.78, 5) is 26.2. The van der Waals surface area contributed by atoms with Crippen molar-refractivity contribution < 1.29 is 19.1 Å². The Hall–Kier alpha value is -3.96. The van der Waals surface area contributed by atoms with Gasteiger partial charge in [0.1, 0.15) is 12.2 Å². The lowest BCUT2D eigenvalue weighted by atomic mass is 10.1. The van der Waals surface area contributed by atoms with Gasteiger partial charge in [-0.1, -0.05) is 30.3 Å². The van der Waals surface area contributed by atoms with Crippen molar-refractivity contribution in [3.8, 4) is 17.6 Å². The molecule has 8 heteroatoms. The minimum Gasteiger partial charge on any atom is -0.493 e. The summed E-state index contributed by atoms with van der Waals surface area (Å²) in [6.45, 7) is 3.98. The van der Waals surface area contributed by atoms with Crippen LogP contribution in [0.2, 0.25) is 0 Å². The van der Waals surface area contributed by atoms with E-state index in [0.717, 1.165) is 5.56 Å². The molecule has 0 unspecified atom stereocenters. The lowest BCUT2D eigenvalue weighted by molar-refractivity contribution is -0.128. The minimum atomic E-state index is -0.567. The number of nitrogens with zero attached hydrogens (tertiary/aromatic N) is 2. The Labute approximate surface area is 185 Å². The number of methoxy groups -OCH3 is 1. The molecule has 2 aromatic carbocycles. The average molecular weight is 433 g/mol. The monoisotopic (exact) mass is 433 g/mol. The van der Waals surface area contributed by atoms with E-state index in [9.17, 15) is 14.9 Å². The lowest BCUT2D eigenvalue weighted by Gasteiger charge is -2.27. The molecular weight excluding hydrogens is 414 g/mol. The number of benzene rings is 2. The average Bonchev–Trinajstić information content (AvgIpc) is 2.78. The fraction of sp³-hybridized carbons (Fsp3) is 0.130. The van der Waals surface area contributed by atoms with Gasteiger partial charge in [0.2, 0.25) is 0 Å². The van der Waals surface area contributed by atoms with E-state index in [2.05, 4.69) is 18.0 Å². The molecule has 1 aliphatic heterocycles. The summed E-state index contributed by atoms with van der Waals surface area (Å²) >= 11 is 5.05. The predicted octanol–water partition coefficient (Wildman–Crippen LogP) is 2.96. The Morgan fingerprint density at radius 3 is 2.71 bits per heavy atom. The molecule has 0 spiro atoms. The van der Waals surface area contributed by atoms with Gasteiger partial charge in [0, 0.05) is 12.1 Å². The molecule has 0 aromatic heterocycles. The van der Waals surface area contributed by atoms with Gasteiger partial charge in [-0.15, -0.1) is 6.58 Å². The van der Waals surface area contributed by atoms with Crippen LogP contribution in [0.4, 0.5) is 0 Å². The number of carbonyl (C=O) groups is 2. The standard InChI is InChI=1S/C23H19N3O4S/c1-3-10-26-22(28)18(21(27)25-23(26)31)11-15-8-9-19(20(12-15)29-2)30-14-17-7-5-4-6-16(17)13-24/h3-9,11-12H,1,10,14H2,2H3,(H,25,27,31)/b18-11+. The first-order chi connectivity index (χ1) is 15.0. The van der Waals surface area contributed by atoms with Crippen LogP contribution >= 0.6 is 12.2 Å². The van der Waals surface area contributed by atoms with E-state index in [1.54, 1.807) is 30.3 Å². The highest BCUT2D eigenvalue weighted by molar-refractivity contribution is 7.80. The van der Waals surface area contributed by atoms with Crippen molar-refractivity contribution in [1.82, 2.24) is 10.2 Å². The van der Waals surface area contributed by atoms with Crippen molar-refractivity contribution in [2.75, 3.05) is 13.7 Å². The molecule has 1 heterocycles. The summed E-state index contributed by atoms with van der Waals surface area (Å²) in [5.41, 5.74) is 1.81. The van der Waals surface area contributed by atoms with E-state index in [0.29, 0.717) is 22.6 Å². The van der Waals surface area contributed by atoms with E-state index in [4.69, 9.17) is 21.7 Å². The fourth-order valence-electron chi connectivity index (χ4n) is 2.96. The molecule has 2 aromatic rings. The van der Waals surface area contributed by atoms with Crippen molar-refractivity contribution in [1.29, 1.82) is 5.26 Å². The van der Waals surface area contributed by atoms with Crippen molar-refractivity contribution in [3.05, 3.63) is 77.4 Å². The number of ether oxygens (including phenoxy) is 2. The van der Waals surface area contributed by atoms with E-state index in [-0.39, 0.29) is 23.8 Å². The number of carbonyl (C=O) groups excluding carboxylic acids is 2. The third-order valence-electron chi connectivity index (χ3n) is 4.52. The molecular formula is C23H19N3O4S. The summed E-state index contributed by atoms with van der Waals surface area (Å²) in [6.07, 6.45) is 2.99. The number of hydrogen-bond acceptors (Lipinski definition) is 6. The van der Waals surface area contributed by atoms with Crippen LogP contribution in [-0.2, 0) is 16.2 Å². The normalized spacial score (nSPS) is 14.8. The molecule has 0 radical (unpaired) electrons. The van der Waals surface area contributed by atoms with Crippen molar-refractivity contribution in [3.63, 3.8) is 0 Å². The molecule has 1 N–H and O–H groups in total. The van der Waals surface area contributed by atoms with Gasteiger partial charge in [0.15, 0.2) is 16.6 Å². The van der Waals surface area contributed by atoms with Gasteiger partial charge in [-0.3, -0.25) is 19.8 Å². The highest BCUT2D eigenvalue weighted by Crippen LogP contribution is 2.30. The summed E-state index contributed by atoms with van der Waals surface area (Å²) in [6, 6.07) is 14.3. The highest BCUT2D eigenvalue weighted by atomic mass is 32.1. The van der Waals surface area contributed by atoms with Gasteiger partial charge in [-0.05, 0) is 42.1 Å². The van der Waals surface area contributed by atoms with E-state index < -0.39 is 11.8 Å². The van der Waals surface area contributed by atoms with E-state index in [1.165, 1.54) is 24.2 Å². The van der Waals surface area contributed by atoms with Crippen LogP contribution in [-0.4, -0.2) is 35.5 Å². The first-order valence-electron chi connectivity index (χ1n) is 9.27. The fourth-order valence-corrected chi connectivity index (χ4v) is 3.21. The Morgan fingerprint density at radius 2 is 2.00 bits per heavy atom. The molecule has 1 aliphatic rings. The smallest absolute Gasteiger partial charge is 0.265 e. The zero-order chi connectivity index (χ0) is 22.4. The zero-order valence-corrected chi connectivity index (χ0v) is 17.6. The minimum absolute atomic E-state index is 0.0471. The molecule has 2 amide bonds. The second kappa shape index (κ2) is 9.69. The van der Waals surface area contributed by atoms with Gasteiger partial charge in [-0.2, -0.15) is 5.26 Å². The third-order valence-corrected chi connectivity index (χ3v) is 4.84. The lowest BCUT2D eigenvalue weighted by Crippen LogP contribution is -2.53. The van der Waals surface area contributed by atoms with Gasteiger partial charge in [0.25, 0.3) is 11.8 Å². The number of hydrogen-bond donors (Lipinski definition) is 1. The van der Waals surface area contributed by atoms with Crippen LogP contribution in [0.5, 0.6) is 11.5 Å². The Morgan fingerprint density at radius 1 is 1.23 bits per heavy atom. The Bertz CT molecular complexity index is 1130. The number of rotatable bonds is 7. The molecule has 0 saturated carbocycles. The molecule has 0 aliphatic carbocycles. The SMILES string of the molecule is C=CCN1C(=O)/C(=C/c2ccc(OCc3ccccc3C#N)c(OC)c2)C(=O)NC1=S. The quantitative estimate of drug-likeness (QED) is 0.312. The van der Waals surface area contributed by atoms with E-state index >= 15 is 0 Å². The number of nitrogens with one attached hydrogen (secondary N) is 1. The number of amides is 2. The summed E-state index contributed by atoms with van der Waals surface area (Å²) in [7, 11) is 1.49. The Balaban J connectivity index is 1.84. The zero-order valence-electron chi connectivity index (χ0n) is 16.8. The summed E-state index contributed by atoms with van der Waals surface area (Å²) in [5, 5.41) is 11.8. The maximum Gasteiger partial charge on any atom is 0.265 e. The van der Waals surface area contributed by atoms with Crippen LogP contribution in [0, 0.1) is 11.3 Å². The van der Waals surface area contributed by atoms with Crippen molar-refractivity contribution >= 4 is 35.2 Å². The van der Waals surface area contributed by atoms with Crippen LogP contribution in [0.3, 0.4) is 0 Å². The largest absolute Gasteiger partial charge is 0.493 e. The maximum absolute atomic E-state index is 12.7. The molecule has 0 atom stereocenters. The maximum atomic E-state index is 12.7. The van der Waals surface area contributed by atoms with Crippen LogP contribution in [0.1, 0.15) is 16.7 Å². The van der Waals surface area contributed by atoms with Crippen LogP contribution < -0.4 is 14.8 Å². The van der Waals surface area contributed by atoms with Gasteiger partial charge >= 0.3 is 0 Å². The molecule has 156 valence electrons. The molecule has 1 fully saturated rings. The first kappa shape index (κ1) is 21.7. The van der Waals surface area contributed by atoms with Crippen molar-refractivity contribution in [2.24, 2.45) is 0 Å². The molecule has 7 nitrogen and oxygen atoms in total. The second-order valence-electron chi connectivity index (χ2n) is 6.49. The van der Waals surface area contributed by atoms with Crippen LogP contribution in [0.15, 0.2) is 60.7 Å². The van der Waals surface area contributed by atoms with Crippen molar-refractivity contribution in [2.45, 2.75) is 6.61 Å². The molecule has 31 heavy (non-hydrogen) atoms. The Kier molecular flexibility index (Phi) is 6.80. The molecule has 3 rings (SSSR count). The first-order valence-corrected chi connectivity index (χ1v) is 9.68. The van der Waals surface area contributed by atoms with E-state index in [1.807, 2.05) is 12.1 Å². The summed E-state index contributed by atoms with van der Waals surface area (Å²) in [5.74, 6) is -0.180. The van der Waals surface area contributed by atoms with Gasteiger partial charge in [0.05, 0.1) is 18.7 Å². The summed E-state index contributed by atoms with van der Waals surface area (Å²) < 4.78 is 11.2. The number of thiocarbonyl (C=S) groups is 1. The second-order valence-corrected chi connectivity index (χ2v) is 6.88. The topological polar surface area (TPSA) is 91.7 Å². The van der Waals surface area contributed by atoms with Gasteiger partial charge in [-0.25, -0.2) is 0 Å². The third kappa shape index (κ3) is 4.79. The number of nitriles is 1. The van der Waals surface area contributed by atoms with Crippen LogP contribution in [0.25, 0.3) is 6.08 Å². The molecule has 1 saturated heterocycles. The van der Waals surface area contributed by atoms with Gasteiger partial charge < -0.3 is 9.47 Å². The predicted molar refractivity (Wildman–Crippen MR) is 119 cm³/mol.